The highest BCUT2D eigenvalue weighted by molar-refractivity contribution is 5.76. The molecule has 8 nitrogen and oxygen atoms in total. The summed E-state index contributed by atoms with van der Waals surface area (Å²) in [5.74, 6) is 1.22. The van der Waals surface area contributed by atoms with Crippen LogP contribution in [0.4, 0.5) is 11.9 Å². The number of hydrogen-bond acceptors (Lipinski definition) is 7. The van der Waals surface area contributed by atoms with Crippen LogP contribution in [0.25, 0.3) is 0 Å². The molecule has 0 radical (unpaired) electrons. The lowest BCUT2D eigenvalue weighted by Gasteiger charge is -2.09. The van der Waals surface area contributed by atoms with E-state index in [0.29, 0.717) is 37.3 Å². The molecule has 0 aliphatic heterocycles. The van der Waals surface area contributed by atoms with Crippen LogP contribution < -0.4 is 20.7 Å². The zero-order valence-corrected chi connectivity index (χ0v) is 12.4. The lowest BCUT2D eigenvalue weighted by molar-refractivity contribution is -0.120. The molecule has 0 saturated carbocycles. The molecule has 1 rings (SSSR count). The van der Waals surface area contributed by atoms with E-state index in [-0.39, 0.29) is 11.9 Å². The fourth-order valence-electron chi connectivity index (χ4n) is 1.33. The van der Waals surface area contributed by atoms with Gasteiger partial charge < -0.3 is 20.7 Å². The van der Waals surface area contributed by atoms with E-state index in [1.165, 1.54) is 7.11 Å². The Bertz CT molecular complexity index is 416. The Hall–Kier alpha value is -2.12. The number of carbonyl (C=O) groups is 1. The molecule has 0 aliphatic rings. The van der Waals surface area contributed by atoms with Gasteiger partial charge in [0.05, 0.1) is 7.11 Å². The molecule has 0 aromatic carbocycles. The number of nitrogens with one attached hydrogen (secondary N) is 3. The number of nitrogens with zero attached hydrogens (tertiary/aromatic N) is 3. The number of ether oxygens (including phenoxy) is 1. The van der Waals surface area contributed by atoms with E-state index in [0.717, 1.165) is 0 Å². The summed E-state index contributed by atoms with van der Waals surface area (Å²) >= 11 is 0. The Morgan fingerprint density at radius 1 is 1.25 bits per heavy atom. The number of carbonyl (C=O) groups excluding carboxylic acids is 1. The first-order chi connectivity index (χ1) is 9.55. The number of hydrogen-bond donors (Lipinski definition) is 3. The molecule has 3 N–H and O–H groups in total. The van der Waals surface area contributed by atoms with Crippen LogP contribution in [0, 0.1) is 5.92 Å². The van der Waals surface area contributed by atoms with Crippen molar-refractivity contribution in [3.63, 3.8) is 0 Å². The Labute approximate surface area is 118 Å². The molecule has 0 bridgehead atoms. The second-order valence-electron chi connectivity index (χ2n) is 4.59. The second kappa shape index (κ2) is 8.13. The molecule has 112 valence electrons. The van der Waals surface area contributed by atoms with Gasteiger partial charge in [0, 0.05) is 26.6 Å². The van der Waals surface area contributed by atoms with Crippen LogP contribution in [0.2, 0.25) is 0 Å². The van der Waals surface area contributed by atoms with Crippen LogP contribution >= 0.6 is 0 Å². The molecule has 1 heterocycles. The van der Waals surface area contributed by atoms with Crippen LogP contribution in [0.15, 0.2) is 0 Å². The summed E-state index contributed by atoms with van der Waals surface area (Å²) in [6.07, 6.45) is 0.357. The highest BCUT2D eigenvalue weighted by Crippen LogP contribution is 2.09. The van der Waals surface area contributed by atoms with E-state index in [4.69, 9.17) is 4.74 Å². The minimum Gasteiger partial charge on any atom is -0.467 e. The summed E-state index contributed by atoms with van der Waals surface area (Å²) in [5.41, 5.74) is 0. The van der Waals surface area contributed by atoms with Gasteiger partial charge in [0.2, 0.25) is 17.8 Å². The quantitative estimate of drug-likeness (QED) is 0.638. The van der Waals surface area contributed by atoms with E-state index in [1.807, 2.05) is 0 Å². The van der Waals surface area contributed by atoms with Gasteiger partial charge in [-0.2, -0.15) is 15.0 Å². The highest BCUT2D eigenvalue weighted by Gasteiger charge is 2.06. The molecular weight excluding hydrogens is 260 g/mol. The van der Waals surface area contributed by atoms with Gasteiger partial charge in [-0.25, -0.2) is 0 Å². The van der Waals surface area contributed by atoms with Crippen LogP contribution in [0.5, 0.6) is 6.01 Å². The normalized spacial score (nSPS) is 10.2. The van der Waals surface area contributed by atoms with Crippen molar-refractivity contribution >= 4 is 17.8 Å². The van der Waals surface area contributed by atoms with Crippen LogP contribution in [0.1, 0.15) is 20.3 Å². The average molecular weight is 282 g/mol. The van der Waals surface area contributed by atoms with Crippen molar-refractivity contribution in [3.05, 3.63) is 0 Å². The number of rotatable bonds is 8. The molecule has 20 heavy (non-hydrogen) atoms. The van der Waals surface area contributed by atoms with Crippen molar-refractivity contribution < 1.29 is 9.53 Å². The number of aromatic nitrogens is 3. The third kappa shape index (κ3) is 5.68. The Kier molecular flexibility index (Phi) is 6.48. The van der Waals surface area contributed by atoms with Crippen molar-refractivity contribution in [1.29, 1.82) is 0 Å². The predicted molar refractivity (Wildman–Crippen MR) is 76.9 cm³/mol. The van der Waals surface area contributed by atoms with Gasteiger partial charge in [0.25, 0.3) is 0 Å². The maximum absolute atomic E-state index is 11.5. The van der Waals surface area contributed by atoms with E-state index in [1.54, 1.807) is 7.05 Å². The molecule has 0 atom stereocenters. The molecule has 0 fully saturated rings. The first-order valence-electron chi connectivity index (χ1n) is 6.53. The molecule has 0 spiro atoms. The topological polar surface area (TPSA) is 101 Å². The van der Waals surface area contributed by atoms with Gasteiger partial charge in [-0.1, -0.05) is 13.8 Å². The third-order valence-corrected chi connectivity index (χ3v) is 2.36. The van der Waals surface area contributed by atoms with Gasteiger partial charge in [-0.15, -0.1) is 0 Å². The van der Waals surface area contributed by atoms with Gasteiger partial charge in [0.15, 0.2) is 0 Å². The Morgan fingerprint density at radius 3 is 2.55 bits per heavy atom. The first-order valence-corrected chi connectivity index (χ1v) is 6.53. The standard InChI is InChI=1S/C12H22N6O2/c1-8(2)7-15-9(19)5-6-14-11-16-10(13-3)17-12(18-11)20-4/h8H,5-7H2,1-4H3,(H,15,19)(H2,13,14,16,17,18). The van der Waals surface area contributed by atoms with Crippen molar-refractivity contribution in [3.8, 4) is 6.01 Å². The molecule has 0 saturated heterocycles. The third-order valence-electron chi connectivity index (χ3n) is 2.36. The molecule has 8 heteroatoms. The molecular formula is C12H22N6O2. The van der Waals surface area contributed by atoms with Gasteiger partial charge >= 0.3 is 6.01 Å². The Balaban J connectivity index is 2.43. The molecule has 1 aromatic heterocycles. The van der Waals surface area contributed by atoms with Crippen LogP contribution in [0.3, 0.4) is 0 Å². The van der Waals surface area contributed by atoms with E-state index in [9.17, 15) is 4.79 Å². The van der Waals surface area contributed by atoms with Crippen molar-refractivity contribution in [2.45, 2.75) is 20.3 Å². The fraction of sp³-hybridized carbons (Fsp3) is 0.667. The zero-order chi connectivity index (χ0) is 15.0. The van der Waals surface area contributed by atoms with E-state index >= 15 is 0 Å². The zero-order valence-electron chi connectivity index (χ0n) is 12.4. The van der Waals surface area contributed by atoms with Crippen LogP contribution in [-0.4, -0.2) is 48.1 Å². The average Bonchev–Trinajstić information content (AvgIpc) is 2.44. The van der Waals surface area contributed by atoms with Gasteiger partial charge in [-0.3, -0.25) is 4.79 Å². The molecule has 0 aliphatic carbocycles. The monoisotopic (exact) mass is 282 g/mol. The number of amides is 1. The summed E-state index contributed by atoms with van der Waals surface area (Å²) < 4.78 is 4.97. The van der Waals surface area contributed by atoms with Gasteiger partial charge in [0.1, 0.15) is 0 Å². The van der Waals surface area contributed by atoms with Gasteiger partial charge in [-0.05, 0) is 5.92 Å². The van der Waals surface area contributed by atoms with E-state index in [2.05, 4.69) is 44.7 Å². The van der Waals surface area contributed by atoms with Crippen LogP contribution in [-0.2, 0) is 4.79 Å². The maximum Gasteiger partial charge on any atom is 0.322 e. The summed E-state index contributed by atoms with van der Waals surface area (Å²) in [6, 6.07) is 0.219. The smallest absolute Gasteiger partial charge is 0.322 e. The predicted octanol–water partition coefficient (Wildman–Crippen LogP) is 0.496. The summed E-state index contributed by atoms with van der Waals surface area (Å²) in [5, 5.41) is 8.63. The SMILES string of the molecule is CNc1nc(NCCC(=O)NCC(C)C)nc(OC)n1. The molecule has 0 unspecified atom stereocenters. The lowest BCUT2D eigenvalue weighted by atomic mass is 10.2. The fourth-order valence-corrected chi connectivity index (χ4v) is 1.33. The van der Waals surface area contributed by atoms with Crippen molar-refractivity contribution in [2.24, 2.45) is 5.92 Å². The number of methoxy groups -OCH3 is 1. The molecule has 1 amide bonds. The van der Waals surface area contributed by atoms with Crippen molar-refractivity contribution in [2.75, 3.05) is 37.9 Å². The largest absolute Gasteiger partial charge is 0.467 e. The minimum atomic E-state index is 0.000983. The summed E-state index contributed by atoms with van der Waals surface area (Å²) in [4.78, 5) is 23.7. The summed E-state index contributed by atoms with van der Waals surface area (Å²) in [6.45, 7) is 5.23. The number of anilines is 2. The van der Waals surface area contributed by atoms with Crippen molar-refractivity contribution in [1.82, 2.24) is 20.3 Å². The van der Waals surface area contributed by atoms with E-state index < -0.39 is 0 Å². The minimum absolute atomic E-state index is 0.000983. The Morgan fingerprint density at radius 2 is 1.95 bits per heavy atom. The first kappa shape index (κ1) is 15.9. The molecule has 1 aromatic rings. The summed E-state index contributed by atoms with van der Waals surface area (Å²) in [7, 11) is 3.19. The lowest BCUT2D eigenvalue weighted by Crippen LogP contribution is -2.28. The highest BCUT2D eigenvalue weighted by atomic mass is 16.5. The second-order valence-corrected chi connectivity index (χ2v) is 4.59. The maximum atomic E-state index is 11.5.